The lowest BCUT2D eigenvalue weighted by Crippen LogP contribution is -2.05. The fourth-order valence-corrected chi connectivity index (χ4v) is 2.04. The molecule has 0 spiro atoms. The minimum Gasteiger partial charge on any atom is -0.243 e. The predicted octanol–water partition coefficient (Wildman–Crippen LogP) is 3.75. The number of aromatic nitrogens is 2. The minimum atomic E-state index is -0.841. The van der Waals surface area contributed by atoms with Crippen LogP contribution in [-0.2, 0) is 0 Å². The molecule has 0 bridgehead atoms. The summed E-state index contributed by atoms with van der Waals surface area (Å²) in [5, 5.41) is 7.38. The first-order chi connectivity index (χ1) is 7.95. The molecule has 0 atom stereocenters. The van der Waals surface area contributed by atoms with Crippen molar-refractivity contribution in [3.63, 3.8) is 0 Å². The molecule has 0 saturated heterocycles. The summed E-state index contributed by atoms with van der Waals surface area (Å²) >= 11 is 0. The Morgan fingerprint density at radius 3 is 1.47 bits per heavy atom. The molecule has 1 aromatic carbocycles. The third-order valence-corrected chi connectivity index (χ3v) is 2.82. The van der Waals surface area contributed by atoms with Crippen molar-refractivity contribution in [3.8, 4) is 0 Å². The average Bonchev–Trinajstić information content (AvgIpc) is 2.66. The van der Waals surface area contributed by atoms with Gasteiger partial charge in [-0.1, -0.05) is 27.7 Å². The van der Waals surface area contributed by atoms with E-state index in [9.17, 15) is 8.78 Å². The quantitative estimate of drug-likeness (QED) is 0.802. The monoisotopic (exact) mass is 240 g/mol. The Kier molecular flexibility index (Phi) is 2.85. The van der Waals surface area contributed by atoms with Crippen LogP contribution in [0.3, 0.4) is 0 Å². The molecule has 17 heavy (non-hydrogen) atoms. The van der Waals surface area contributed by atoms with Gasteiger partial charge in [0, 0.05) is 11.1 Å². The van der Waals surface area contributed by atoms with E-state index < -0.39 is 11.6 Å². The Labute approximate surface area is 97.8 Å². The third kappa shape index (κ3) is 1.69. The lowest BCUT2D eigenvalue weighted by atomic mass is 9.93. The molecule has 2 aromatic rings. The molecule has 0 unspecified atom stereocenters. The maximum atomic E-state index is 14.0. The summed E-state index contributed by atoms with van der Waals surface area (Å²) in [6, 6.07) is 0. The van der Waals surface area contributed by atoms with E-state index in [-0.39, 0.29) is 23.0 Å². The lowest BCUT2D eigenvalue weighted by molar-refractivity contribution is 0.315. The van der Waals surface area contributed by atoms with Crippen molar-refractivity contribution in [3.05, 3.63) is 22.8 Å². The fraction of sp³-hybridized carbons (Fsp3) is 0.500. The van der Waals surface area contributed by atoms with Crippen LogP contribution in [0.25, 0.3) is 11.0 Å². The Morgan fingerprint density at radius 1 is 0.824 bits per heavy atom. The van der Waals surface area contributed by atoms with Crippen LogP contribution in [0.5, 0.6) is 0 Å². The Balaban J connectivity index is 2.92. The summed E-state index contributed by atoms with van der Waals surface area (Å²) in [7, 11) is 0. The third-order valence-electron chi connectivity index (χ3n) is 2.82. The predicted molar refractivity (Wildman–Crippen MR) is 59.9 cm³/mol. The topological polar surface area (TPSA) is 38.9 Å². The van der Waals surface area contributed by atoms with E-state index in [0.717, 1.165) is 0 Å². The summed E-state index contributed by atoms with van der Waals surface area (Å²) in [5.74, 6) is -2.04. The van der Waals surface area contributed by atoms with Crippen molar-refractivity contribution in [1.29, 1.82) is 0 Å². The summed E-state index contributed by atoms with van der Waals surface area (Å²) in [4.78, 5) is 0. The van der Waals surface area contributed by atoms with Crippen molar-refractivity contribution in [2.45, 2.75) is 39.5 Å². The van der Waals surface area contributed by atoms with Gasteiger partial charge in [0.2, 0.25) is 0 Å². The molecule has 1 heterocycles. The van der Waals surface area contributed by atoms with Crippen LogP contribution in [0, 0.1) is 11.6 Å². The first kappa shape index (κ1) is 12.0. The zero-order valence-electron chi connectivity index (χ0n) is 10.2. The van der Waals surface area contributed by atoms with E-state index in [0.29, 0.717) is 11.0 Å². The van der Waals surface area contributed by atoms with Gasteiger partial charge in [-0.2, -0.15) is 0 Å². The Bertz CT molecular complexity index is 513. The second-order valence-electron chi connectivity index (χ2n) is 4.73. The SMILES string of the molecule is CC(C)c1c(F)c(F)c(C(C)C)c2nonc12. The molecule has 0 amide bonds. The first-order valence-corrected chi connectivity index (χ1v) is 5.58. The number of benzene rings is 1. The molecule has 0 aliphatic heterocycles. The molecule has 0 N–H and O–H groups in total. The average molecular weight is 240 g/mol. The number of fused-ring (bicyclic) bond motifs is 1. The van der Waals surface area contributed by atoms with Crippen molar-refractivity contribution in [2.24, 2.45) is 0 Å². The van der Waals surface area contributed by atoms with E-state index in [1.807, 2.05) is 0 Å². The van der Waals surface area contributed by atoms with Crippen molar-refractivity contribution in [1.82, 2.24) is 10.3 Å². The summed E-state index contributed by atoms with van der Waals surface area (Å²) in [6.07, 6.45) is 0. The van der Waals surface area contributed by atoms with Crippen LogP contribution in [-0.4, -0.2) is 10.3 Å². The van der Waals surface area contributed by atoms with Crippen molar-refractivity contribution >= 4 is 11.0 Å². The standard InChI is InChI=1S/C12H14F2N2O/c1-5(2)7-9(13)10(14)8(6(3)4)12-11(7)15-17-16-12/h5-6H,1-4H3. The molecule has 0 fully saturated rings. The van der Waals surface area contributed by atoms with Gasteiger partial charge in [-0.3, -0.25) is 0 Å². The van der Waals surface area contributed by atoms with Gasteiger partial charge in [-0.15, -0.1) is 0 Å². The van der Waals surface area contributed by atoms with Gasteiger partial charge in [0.1, 0.15) is 11.0 Å². The zero-order chi connectivity index (χ0) is 12.7. The molecule has 0 saturated carbocycles. The van der Waals surface area contributed by atoms with E-state index >= 15 is 0 Å². The van der Waals surface area contributed by atoms with Gasteiger partial charge >= 0.3 is 0 Å². The van der Waals surface area contributed by atoms with Crippen LogP contribution in [0.4, 0.5) is 8.78 Å². The van der Waals surface area contributed by atoms with Crippen LogP contribution in [0.2, 0.25) is 0 Å². The molecule has 0 radical (unpaired) electrons. The van der Waals surface area contributed by atoms with Crippen molar-refractivity contribution < 1.29 is 13.4 Å². The second-order valence-corrected chi connectivity index (χ2v) is 4.73. The summed E-state index contributed by atoms with van der Waals surface area (Å²) in [6.45, 7) is 7.12. The maximum absolute atomic E-state index is 14.0. The smallest absolute Gasteiger partial charge is 0.165 e. The highest BCUT2D eigenvalue weighted by atomic mass is 19.2. The molecule has 0 aliphatic rings. The largest absolute Gasteiger partial charge is 0.243 e. The Hall–Kier alpha value is -1.52. The molecule has 1 aromatic heterocycles. The minimum absolute atomic E-state index is 0.180. The Morgan fingerprint density at radius 2 is 1.18 bits per heavy atom. The maximum Gasteiger partial charge on any atom is 0.165 e. The van der Waals surface area contributed by atoms with Crippen LogP contribution < -0.4 is 0 Å². The van der Waals surface area contributed by atoms with Crippen LogP contribution in [0.15, 0.2) is 4.63 Å². The molecule has 3 nitrogen and oxygen atoms in total. The van der Waals surface area contributed by atoms with Gasteiger partial charge in [0.05, 0.1) is 0 Å². The van der Waals surface area contributed by atoms with E-state index in [4.69, 9.17) is 0 Å². The van der Waals surface area contributed by atoms with Gasteiger partial charge in [0.25, 0.3) is 0 Å². The molecular formula is C12H14F2N2O. The molecule has 5 heteroatoms. The molecule has 92 valence electrons. The van der Waals surface area contributed by atoms with E-state index in [2.05, 4.69) is 14.9 Å². The van der Waals surface area contributed by atoms with Gasteiger partial charge in [0.15, 0.2) is 11.6 Å². The highest BCUT2D eigenvalue weighted by molar-refractivity contribution is 5.82. The highest BCUT2D eigenvalue weighted by Crippen LogP contribution is 2.34. The molecular weight excluding hydrogens is 226 g/mol. The van der Waals surface area contributed by atoms with Gasteiger partial charge < -0.3 is 0 Å². The first-order valence-electron chi connectivity index (χ1n) is 5.58. The number of halogens is 2. The number of rotatable bonds is 2. The molecule has 2 rings (SSSR count). The van der Waals surface area contributed by atoms with Crippen LogP contribution >= 0.6 is 0 Å². The van der Waals surface area contributed by atoms with Crippen molar-refractivity contribution in [2.75, 3.05) is 0 Å². The van der Waals surface area contributed by atoms with E-state index in [1.165, 1.54) is 0 Å². The summed E-state index contributed by atoms with van der Waals surface area (Å²) in [5.41, 5.74) is 1.09. The normalized spacial score (nSPS) is 12.0. The second kappa shape index (κ2) is 4.05. The van der Waals surface area contributed by atoms with Gasteiger partial charge in [-0.25, -0.2) is 13.4 Å². The number of hydrogen-bond donors (Lipinski definition) is 0. The van der Waals surface area contributed by atoms with Crippen LogP contribution in [0.1, 0.15) is 50.7 Å². The summed E-state index contributed by atoms with van der Waals surface area (Å²) < 4.78 is 32.6. The van der Waals surface area contributed by atoms with Gasteiger partial charge in [-0.05, 0) is 22.1 Å². The van der Waals surface area contributed by atoms with E-state index in [1.54, 1.807) is 27.7 Å². The lowest BCUT2D eigenvalue weighted by Gasteiger charge is -2.13. The fourth-order valence-electron chi connectivity index (χ4n) is 2.04. The number of nitrogens with zero attached hydrogens (tertiary/aromatic N) is 2. The number of hydrogen-bond acceptors (Lipinski definition) is 3. The molecule has 0 aliphatic carbocycles. The highest BCUT2D eigenvalue weighted by Gasteiger charge is 2.26. The zero-order valence-corrected chi connectivity index (χ0v) is 10.2.